The van der Waals surface area contributed by atoms with Crippen LogP contribution in [-0.2, 0) is 4.79 Å². The number of carbonyl (C=O) groups excluding carboxylic acids is 1. The third kappa shape index (κ3) is 6.25. The molecule has 2 saturated heterocycles. The van der Waals surface area contributed by atoms with Crippen molar-refractivity contribution in [2.24, 2.45) is 11.8 Å². The van der Waals surface area contributed by atoms with E-state index in [0.29, 0.717) is 12.1 Å². The summed E-state index contributed by atoms with van der Waals surface area (Å²) in [5, 5.41) is 6.76. The lowest BCUT2D eigenvalue weighted by molar-refractivity contribution is -0.123. The Hall–Kier alpha value is -1.27. The van der Waals surface area contributed by atoms with Crippen LogP contribution in [0.4, 0.5) is 5.69 Å². The van der Waals surface area contributed by atoms with E-state index in [4.69, 9.17) is 0 Å². The van der Waals surface area contributed by atoms with E-state index in [9.17, 15) is 4.79 Å². The van der Waals surface area contributed by atoms with Crippen LogP contribution in [-0.4, -0.2) is 56.1 Å². The van der Waals surface area contributed by atoms with Crippen LogP contribution in [0.1, 0.15) is 62.6 Å². The standard InChI is InChI=1S/C26H38N4O.2ClH/c1-17(27-26(31)25-16-20-15-24(20)28-25)23-9-8-22(14-19(23)7-6-18-4-5-18)30(3)21-10-12-29(2)13-11-21;;/h6-9,14,17-18,20-21,24-25,28H,4-5,10-13,15-16H2,1-3H3,(H,27,31);2*1H/b7-6+;;/t17-,20-,24-,25-;;/m0../s1. The highest BCUT2D eigenvalue weighted by Crippen LogP contribution is 2.41. The number of hydrogen-bond acceptors (Lipinski definition) is 4. The number of benzene rings is 1. The lowest BCUT2D eigenvalue weighted by atomic mass is 9.97. The number of fused-ring (bicyclic) bond motifs is 1. The van der Waals surface area contributed by atoms with Crippen molar-refractivity contribution in [3.8, 4) is 0 Å². The average molecular weight is 496 g/mol. The molecule has 0 bridgehead atoms. The predicted molar refractivity (Wildman–Crippen MR) is 142 cm³/mol. The van der Waals surface area contributed by atoms with Gasteiger partial charge in [-0.25, -0.2) is 0 Å². The molecule has 0 spiro atoms. The van der Waals surface area contributed by atoms with Crippen molar-refractivity contribution < 1.29 is 4.79 Å². The van der Waals surface area contributed by atoms with Crippen molar-refractivity contribution in [3.63, 3.8) is 0 Å². The third-order valence-electron chi connectivity index (χ3n) is 7.90. The first-order valence-electron chi connectivity index (χ1n) is 12.3. The third-order valence-corrected chi connectivity index (χ3v) is 7.90. The fraction of sp³-hybridized carbons (Fsp3) is 0.654. The number of nitrogens with one attached hydrogen (secondary N) is 2. The zero-order chi connectivity index (χ0) is 21.5. The van der Waals surface area contributed by atoms with Crippen LogP contribution < -0.4 is 15.5 Å². The van der Waals surface area contributed by atoms with E-state index >= 15 is 0 Å². The molecule has 7 heteroatoms. The highest BCUT2D eigenvalue weighted by Gasteiger charge is 2.47. The van der Waals surface area contributed by atoms with Crippen molar-refractivity contribution in [2.45, 2.75) is 69.6 Å². The van der Waals surface area contributed by atoms with Crippen LogP contribution in [0.25, 0.3) is 6.08 Å². The maximum absolute atomic E-state index is 12.8. The Balaban J connectivity index is 0.00000153. The normalized spacial score (nSPS) is 27.9. The number of halogens is 2. The van der Waals surface area contributed by atoms with Gasteiger partial charge >= 0.3 is 0 Å². The molecule has 2 heterocycles. The van der Waals surface area contributed by atoms with Gasteiger partial charge in [-0.1, -0.05) is 18.2 Å². The zero-order valence-electron chi connectivity index (χ0n) is 20.1. The first kappa shape index (κ1) is 26.3. The number of amides is 1. The number of rotatable bonds is 7. The molecule has 1 aromatic rings. The molecule has 1 aromatic carbocycles. The molecule has 4 aliphatic rings. The second kappa shape index (κ2) is 11.0. The van der Waals surface area contributed by atoms with E-state index in [0.717, 1.165) is 18.3 Å². The number of carbonyl (C=O) groups is 1. The van der Waals surface area contributed by atoms with Crippen LogP contribution in [0.3, 0.4) is 0 Å². The minimum absolute atomic E-state index is 0. The smallest absolute Gasteiger partial charge is 0.237 e. The Labute approximate surface area is 211 Å². The SMILES string of the molecule is C[C@H](NC(=O)[C@@H]1C[C@@H]2C[C@@H]2N1)c1ccc(N(C)C2CCN(C)CC2)cc1/C=C/C1CC1.Cl.Cl. The van der Waals surface area contributed by atoms with E-state index in [1.807, 2.05) is 0 Å². The lowest BCUT2D eigenvalue weighted by Gasteiger charge is -2.36. The van der Waals surface area contributed by atoms with E-state index < -0.39 is 0 Å². The quantitative estimate of drug-likeness (QED) is 0.589. The van der Waals surface area contributed by atoms with E-state index in [2.05, 4.69) is 71.8 Å². The van der Waals surface area contributed by atoms with Crippen LogP contribution in [0.2, 0.25) is 0 Å². The molecule has 2 N–H and O–H groups in total. The largest absolute Gasteiger partial charge is 0.371 e. The van der Waals surface area contributed by atoms with Gasteiger partial charge in [0, 0.05) is 24.8 Å². The first-order chi connectivity index (χ1) is 15.0. The van der Waals surface area contributed by atoms with Crippen molar-refractivity contribution in [2.75, 3.05) is 32.1 Å². The summed E-state index contributed by atoms with van der Waals surface area (Å²) in [6.07, 6.45) is 11.9. The van der Waals surface area contributed by atoms with E-state index in [1.54, 1.807) is 0 Å². The first-order valence-corrected chi connectivity index (χ1v) is 12.3. The molecule has 4 fully saturated rings. The van der Waals surface area contributed by atoms with Crippen molar-refractivity contribution >= 4 is 42.5 Å². The highest BCUT2D eigenvalue weighted by atomic mass is 35.5. The summed E-state index contributed by atoms with van der Waals surface area (Å²) in [6.45, 7) is 4.46. The average Bonchev–Trinajstić information content (AvgIpc) is 3.70. The Morgan fingerprint density at radius 3 is 2.55 bits per heavy atom. The molecule has 5 rings (SSSR count). The summed E-state index contributed by atoms with van der Waals surface area (Å²) in [7, 11) is 4.45. The van der Waals surface area contributed by atoms with E-state index in [1.165, 1.54) is 62.0 Å². The number of piperidine rings is 2. The molecule has 2 aliphatic heterocycles. The summed E-state index contributed by atoms with van der Waals surface area (Å²) in [5.41, 5.74) is 3.75. The second-order valence-electron chi connectivity index (χ2n) is 10.4. The summed E-state index contributed by atoms with van der Waals surface area (Å²) in [5.74, 6) is 1.63. The molecule has 2 saturated carbocycles. The van der Waals surface area contributed by atoms with Gasteiger partial charge < -0.3 is 20.4 Å². The van der Waals surface area contributed by atoms with E-state index in [-0.39, 0.29) is 42.8 Å². The van der Waals surface area contributed by atoms with Crippen LogP contribution in [0.15, 0.2) is 24.3 Å². The molecule has 5 nitrogen and oxygen atoms in total. The van der Waals surface area contributed by atoms with Crippen molar-refractivity contribution in [1.29, 1.82) is 0 Å². The van der Waals surface area contributed by atoms with Gasteiger partial charge in [0.05, 0.1) is 12.1 Å². The zero-order valence-corrected chi connectivity index (χ0v) is 21.8. The van der Waals surface area contributed by atoms with Crippen molar-refractivity contribution in [1.82, 2.24) is 15.5 Å². The topological polar surface area (TPSA) is 47.6 Å². The highest BCUT2D eigenvalue weighted by molar-refractivity contribution is 5.85. The second-order valence-corrected chi connectivity index (χ2v) is 10.4. The van der Waals surface area contributed by atoms with Gasteiger partial charge in [0.1, 0.15) is 0 Å². The Morgan fingerprint density at radius 1 is 1.18 bits per heavy atom. The van der Waals surface area contributed by atoms with Gasteiger partial charge in [-0.3, -0.25) is 4.79 Å². The predicted octanol–water partition coefficient (Wildman–Crippen LogP) is 4.41. The van der Waals surface area contributed by atoms with Crippen LogP contribution in [0.5, 0.6) is 0 Å². The van der Waals surface area contributed by atoms with Gasteiger partial charge in [0.15, 0.2) is 0 Å². The monoisotopic (exact) mass is 494 g/mol. The molecule has 1 amide bonds. The lowest BCUT2D eigenvalue weighted by Crippen LogP contribution is -2.43. The molecular weight excluding hydrogens is 455 g/mol. The molecular formula is C26H40Cl2N4O. The molecule has 2 aliphatic carbocycles. The number of nitrogens with zero attached hydrogens (tertiary/aromatic N) is 2. The maximum Gasteiger partial charge on any atom is 0.237 e. The van der Waals surface area contributed by atoms with Gasteiger partial charge in [0.2, 0.25) is 5.91 Å². The Kier molecular flexibility index (Phi) is 8.77. The summed E-state index contributed by atoms with van der Waals surface area (Å²) < 4.78 is 0. The fourth-order valence-corrected chi connectivity index (χ4v) is 5.36. The molecule has 0 aromatic heterocycles. The molecule has 0 unspecified atom stereocenters. The van der Waals surface area contributed by atoms with Crippen LogP contribution >= 0.6 is 24.8 Å². The van der Waals surface area contributed by atoms with Gasteiger partial charge in [-0.2, -0.15) is 0 Å². The van der Waals surface area contributed by atoms with Gasteiger partial charge in [-0.05, 0) is 101 Å². The summed E-state index contributed by atoms with van der Waals surface area (Å²) >= 11 is 0. The Morgan fingerprint density at radius 2 is 1.91 bits per heavy atom. The van der Waals surface area contributed by atoms with Gasteiger partial charge in [0.25, 0.3) is 0 Å². The summed E-state index contributed by atoms with van der Waals surface area (Å²) in [6, 6.07) is 8.00. The van der Waals surface area contributed by atoms with Gasteiger partial charge in [-0.15, -0.1) is 24.8 Å². The minimum atomic E-state index is -0.00787. The molecule has 4 atom stereocenters. The Bertz CT molecular complexity index is 841. The maximum atomic E-state index is 12.8. The number of allylic oxidation sites excluding steroid dienone is 1. The number of anilines is 1. The minimum Gasteiger partial charge on any atom is -0.371 e. The van der Waals surface area contributed by atoms with Crippen molar-refractivity contribution in [3.05, 3.63) is 35.4 Å². The number of likely N-dealkylation sites (tertiary alicyclic amines) is 1. The summed E-state index contributed by atoms with van der Waals surface area (Å²) in [4.78, 5) is 17.7. The van der Waals surface area contributed by atoms with Crippen LogP contribution in [0, 0.1) is 11.8 Å². The molecule has 0 radical (unpaired) electrons. The number of hydrogen-bond donors (Lipinski definition) is 2. The molecule has 184 valence electrons. The molecule has 33 heavy (non-hydrogen) atoms. The fourth-order valence-electron chi connectivity index (χ4n) is 5.36.